The summed E-state index contributed by atoms with van der Waals surface area (Å²) in [6.45, 7) is 0.774. The largest absolute Gasteiger partial charge is 0.488 e. The highest BCUT2D eigenvalue weighted by Crippen LogP contribution is 2.38. The number of carbonyl (C=O) groups excluding carboxylic acids is 1. The lowest BCUT2D eigenvalue weighted by atomic mass is 10.1. The smallest absolute Gasteiger partial charge is 0.164 e. The Morgan fingerprint density at radius 2 is 2.03 bits per heavy atom. The van der Waals surface area contributed by atoms with Gasteiger partial charge in [0, 0.05) is 36.1 Å². The van der Waals surface area contributed by atoms with Crippen LogP contribution in [0, 0.1) is 5.82 Å². The number of nitrogens with zero attached hydrogens (tertiary/aromatic N) is 4. The molecule has 2 fully saturated rings. The molecular formula is C27H29ClFN5O2. The number of carbonyl (C=O) groups is 1. The van der Waals surface area contributed by atoms with Crippen LogP contribution in [0.5, 0.6) is 5.75 Å². The average molecular weight is 510 g/mol. The van der Waals surface area contributed by atoms with Crippen LogP contribution in [0.2, 0.25) is 5.02 Å². The maximum absolute atomic E-state index is 13.6. The van der Waals surface area contributed by atoms with E-state index in [2.05, 4.69) is 27.2 Å². The monoisotopic (exact) mass is 509 g/mol. The number of ether oxygens (including phenoxy) is 1. The van der Waals surface area contributed by atoms with Gasteiger partial charge in [0.2, 0.25) is 0 Å². The van der Waals surface area contributed by atoms with Gasteiger partial charge in [-0.15, -0.1) is 0 Å². The molecule has 0 bridgehead atoms. The molecule has 0 amide bonds. The number of aldehydes is 1. The van der Waals surface area contributed by atoms with Gasteiger partial charge in [-0.05, 0) is 69.8 Å². The third kappa shape index (κ3) is 5.82. The van der Waals surface area contributed by atoms with Gasteiger partial charge in [-0.2, -0.15) is 0 Å². The number of halogens is 2. The van der Waals surface area contributed by atoms with Crippen LogP contribution >= 0.6 is 11.6 Å². The molecule has 0 unspecified atom stereocenters. The second-order valence-corrected chi connectivity index (χ2v) is 9.93. The average Bonchev–Trinajstić information content (AvgIpc) is 3.61. The summed E-state index contributed by atoms with van der Waals surface area (Å²) in [4.78, 5) is 27.8. The Labute approximate surface area is 214 Å². The van der Waals surface area contributed by atoms with Gasteiger partial charge in [0.15, 0.2) is 6.29 Å². The van der Waals surface area contributed by atoms with E-state index in [9.17, 15) is 9.18 Å². The molecule has 3 aromatic rings. The minimum absolute atomic E-state index is 0.0164. The van der Waals surface area contributed by atoms with E-state index in [1.165, 1.54) is 31.3 Å². The van der Waals surface area contributed by atoms with Gasteiger partial charge >= 0.3 is 0 Å². The molecule has 36 heavy (non-hydrogen) atoms. The molecule has 0 spiro atoms. The highest BCUT2D eigenvalue weighted by molar-refractivity contribution is 6.31. The van der Waals surface area contributed by atoms with Crippen LogP contribution in [0.15, 0.2) is 41.7 Å². The summed E-state index contributed by atoms with van der Waals surface area (Å²) in [6, 6.07) is 8.71. The first-order valence-corrected chi connectivity index (χ1v) is 12.8. The Morgan fingerprint density at radius 3 is 2.75 bits per heavy atom. The number of hydrogen-bond acceptors (Lipinski definition) is 7. The fourth-order valence-corrected chi connectivity index (χ4v) is 4.72. The van der Waals surface area contributed by atoms with Crippen molar-refractivity contribution in [2.24, 2.45) is 4.99 Å². The highest BCUT2D eigenvalue weighted by Gasteiger charge is 2.26. The molecular weight excluding hydrogens is 481 g/mol. The van der Waals surface area contributed by atoms with Gasteiger partial charge in [-0.3, -0.25) is 4.79 Å². The van der Waals surface area contributed by atoms with Gasteiger partial charge in [-0.25, -0.2) is 19.4 Å². The Hall–Kier alpha value is -3.10. The molecule has 9 heteroatoms. The molecule has 7 nitrogen and oxygen atoms in total. The lowest BCUT2D eigenvalue weighted by Crippen LogP contribution is -2.24. The van der Waals surface area contributed by atoms with Crippen LogP contribution in [-0.4, -0.2) is 52.6 Å². The first kappa shape index (κ1) is 24.6. The molecule has 1 aromatic heterocycles. The van der Waals surface area contributed by atoms with Gasteiger partial charge < -0.3 is 15.0 Å². The Morgan fingerprint density at radius 1 is 1.22 bits per heavy atom. The molecule has 0 atom stereocenters. The molecule has 188 valence electrons. The first-order valence-electron chi connectivity index (χ1n) is 12.4. The van der Waals surface area contributed by atoms with E-state index >= 15 is 0 Å². The van der Waals surface area contributed by atoms with Crippen molar-refractivity contribution in [3.05, 3.63) is 47.5 Å². The molecule has 2 saturated carbocycles. The first-order chi connectivity index (χ1) is 17.5. The topological polar surface area (TPSA) is 79.7 Å². The lowest BCUT2D eigenvalue weighted by Gasteiger charge is -2.17. The number of rotatable bonds is 10. The van der Waals surface area contributed by atoms with E-state index in [1.807, 2.05) is 12.1 Å². The van der Waals surface area contributed by atoms with Crippen LogP contribution in [0.1, 0.15) is 44.9 Å². The predicted molar refractivity (Wildman–Crippen MR) is 141 cm³/mol. The van der Waals surface area contributed by atoms with Crippen LogP contribution in [-0.2, 0) is 4.79 Å². The van der Waals surface area contributed by atoms with Gasteiger partial charge in [0.05, 0.1) is 22.4 Å². The quantitative estimate of drug-likeness (QED) is 0.257. The van der Waals surface area contributed by atoms with Gasteiger partial charge in [0.1, 0.15) is 29.4 Å². The van der Waals surface area contributed by atoms with E-state index in [-0.39, 0.29) is 11.1 Å². The third-order valence-electron chi connectivity index (χ3n) is 6.79. The van der Waals surface area contributed by atoms with Crippen LogP contribution < -0.4 is 10.1 Å². The van der Waals surface area contributed by atoms with Crippen LogP contribution in [0.4, 0.5) is 21.6 Å². The summed E-state index contributed by atoms with van der Waals surface area (Å²) in [6.07, 6.45) is 9.66. The normalized spacial score (nSPS) is 16.6. The lowest BCUT2D eigenvalue weighted by molar-refractivity contribution is -0.102. The predicted octanol–water partition coefficient (Wildman–Crippen LogP) is 6.24. The SMILES string of the molecule is CN(CCC(C=O)=Nc1cc2c(Nc3ccc(F)c(Cl)c3)ncnc2cc1OC1CCCC1)C1CC1. The number of anilines is 2. The van der Waals surface area contributed by atoms with Crippen LogP contribution in [0.3, 0.4) is 0 Å². The maximum Gasteiger partial charge on any atom is 0.164 e. The molecule has 0 saturated heterocycles. The second-order valence-electron chi connectivity index (χ2n) is 9.52. The molecule has 0 radical (unpaired) electrons. The minimum atomic E-state index is -0.492. The summed E-state index contributed by atoms with van der Waals surface area (Å²) >= 11 is 5.96. The maximum atomic E-state index is 13.6. The fourth-order valence-electron chi connectivity index (χ4n) is 4.53. The molecule has 5 rings (SSSR count). The number of benzene rings is 2. The van der Waals surface area contributed by atoms with Crippen molar-refractivity contribution in [2.75, 3.05) is 18.9 Å². The Balaban J connectivity index is 1.50. The second kappa shape index (κ2) is 10.9. The molecule has 0 aliphatic heterocycles. The van der Waals surface area contributed by atoms with Crippen LogP contribution in [0.25, 0.3) is 10.9 Å². The van der Waals surface area contributed by atoms with Crippen molar-refractivity contribution in [1.82, 2.24) is 14.9 Å². The zero-order valence-corrected chi connectivity index (χ0v) is 21.0. The summed E-state index contributed by atoms with van der Waals surface area (Å²) in [5.41, 5.74) is 2.30. The third-order valence-corrected chi connectivity index (χ3v) is 7.07. The molecule has 2 aliphatic rings. The van der Waals surface area contributed by atoms with Crippen molar-refractivity contribution in [3.8, 4) is 5.75 Å². The van der Waals surface area contributed by atoms with E-state index < -0.39 is 5.82 Å². The Kier molecular flexibility index (Phi) is 7.43. The minimum Gasteiger partial charge on any atom is -0.488 e. The van der Waals surface area contributed by atoms with E-state index in [0.29, 0.717) is 52.0 Å². The standard InChI is InChI=1S/C27H29ClFN5O2/c1-34(19-7-8-19)11-10-18(15-35)32-25-13-21-24(14-26(25)36-20-4-2-3-5-20)30-16-31-27(21)33-17-6-9-23(29)22(28)12-17/h6,9,12-16,19-20H,2-5,7-8,10-11H2,1H3,(H,30,31,33). The number of hydrogen-bond donors (Lipinski definition) is 1. The van der Waals surface area contributed by atoms with Crippen molar-refractivity contribution in [1.29, 1.82) is 0 Å². The number of fused-ring (bicyclic) bond motifs is 1. The highest BCUT2D eigenvalue weighted by atomic mass is 35.5. The number of aromatic nitrogens is 2. The summed E-state index contributed by atoms with van der Waals surface area (Å²) in [7, 11) is 2.09. The molecule has 1 N–H and O–H groups in total. The number of nitrogens with one attached hydrogen (secondary N) is 1. The van der Waals surface area contributed by atoms with Crippen molar-refractivity contribution < 1.29 is 13.9 Å². The molecule has 2 aliphatic carbocycles. The van der Waals surface area contributed by atoms with E-state index in [0.717, 1.165) is 38.5 Å². The molecule has 1 heterocycles. The zero-order chi connectivity index (χ0) is 25.1. The summed E-state index contributed by atoms with van der Waals surface area (Å²) < 4.78 is 20.0. The summed E-state index contributed by atoms with van der Waals surface area (Å²) in [5.74, 6) is 0.639. The fraction of sp³-hybridized carbons (Fsp3) is 0.407. The van der Waals surface area contributed by atoms with Crippen molar-refractivity contribution >= 4 is 51.7 Å². The van der Waals surface area contributed by atoms with E-state index in [4.69, 9.17) is 21.3 Å². The molecule has 2 aromatic carbocycles. The summed E-state index contributed by atoms with van der Waals surface area (Å²) in [5, 5.41) is 3.91. The van der Waals surface area contributed by atoms with E-state index in [1.54, 1.807) is 6.07 Å². The van der Waals surface area contributed by atoms with Crippen molar-refractivity contribution in [3.63, 3.8) is 0 Å². The Bertz CT molecular complexity index is 1290. The van der Waals surface area contributed by atoms with Crippen molar-refractivity contribution in [2.45, 2.75) is 57.1 Å². The van der Waals surface area contributed by atoms with Gasteiger partial charge in [-0.1, -0.05) is 11.6 Å². The number of aliphatic imine (C=N–C) groups is 1. The van der Waals surface area contributed by atoms with Gasteiger partial charge in [0.25, 0.3) is 0 Å². The zero-order valence-electron chi connectivity index (χ0n) is 20.2.